The Bertz CT molecular complexity index is 482. The zero-order valence-corrected chi connectivity index (χ0v) is 13.3. The molecule has 1 aromatic carbocycles. The molecule has 1 aliphatic rings. The van der Waals surface area contributed by atoms with E-state index in [0.29, 0.717) is 17.0 Å². The van der Waals surface area contributed by atoms with Gasteiger partial charge in [-0.25, -0.2) is 4.39 Å². The fourth-order valence-corrected chi connectivity index (χ4v) is 3.61. The number of nitrogens with two attached hydrogens (primary N) is 1. The van der Waals surface area contributed by atoms with Gasteiger partial charge in [0.2, 0.25) is 0 Å². The molecule has 0 aliphatic heterocycles. The van der Waals surface area contributed by atoms with E-state index in [1.165, 1.54) is 45.3 Å². The van der Waals surface area contributed by atoms with Crippen molar-refractivity contribution in [2.24, 2.45) is 11.3 Å². The van der Waals surface area contributed by atoms with E-state index in [4.69, 9.17) is 10.5 Å². The largest absolute Gasteiger partial charge is 0.494 e. The van der Waals surface area contributed by atoms with Crippen molar-refractivity contribution in [2.45, 2.75) is 46.0 Å². The van der Waals surface area contributed by atoms with Gasteiger partial charge in [0, 0.05) is 18.7 Å². The molecule has 2 rings (SSSR count). The lowest BCUT2D eigenvalue weighted by atomic mass is 9.78. The summed E-state index contributed by atoms with van der Waals surface area (Å²) < 4.78 is 18.6. The first kappa shape index (κ1) is 15.9. The fourth-order valence-electron chi connectivity index (χ4n) is 3.61. The Balaban J connectivity index is 2.10. The van der Waals surface area contributed by atoms with Crippen molar-refractivity contribution in [3.8, 4) is 5.75 Å². The number of methoxy groups -OCH3 is 1. The third-order valence-corrected chi connectivity index (χ3v) is 4.48. The van der Waals surface area contributed by atoms with E-state index in [9.17, 15) is 4.39 Å². The Morgan fingerprint density at radius 1 is 1.33 bits per heavy atom. The van der Waals surface area contributed by atoms with E-state index in [-0.39, 0.29) is 5.75 Å². The van der Waals surface area contributed by atoms with Crippen molar-refractivity contribution in [3.63, 3.8) is 0 Å². The average molecular weight is 294 g/mol. The molecular formula is C17H27FN2O. The molecule has 0 saturated heterocycles. The third-order valence-electron chi connectivity index (χ3n) is 4.48. The van der Waals surface area contributed by atoms with E-state index < -0.39 is 5.82 Å². The Labute approximate surface area is 127 Å². The molecule has 1 saturated carbocycles. The molecule has 4 heteroatoms. The average Bonchev–Trinajstić information content (AvgIpc) is 2.86. The summed E-state index contributed by atoms with van der Waals surface area (Å²) in [6.07, 6.45) is 6.35. The number of rotatable bonds is 6. The van der Waals surface area contributed by atoms with Gasteiger partial charge in [0.05, 0.1) is 18.5 Å². The van der Waals surface area contributed by atoms with Gasteiger partial charge in [0.15, 0.2) is 11.6 Å². The smallest absolute Gasteiger partial charge is 0.167 e. The van der Waals surface area contributed by atoms with Gasteiger partial charge < -0.3 is 15.8 Å². The first-order chi connectivity index (χ1) is 9.96. The molecular weight excluding hydrogens is 267 g/mol. The number of halogens is 1. The van der Waals surface area contributed by atoms with Crippen molar-refractivity contribution in [2.75, 3.05) is 24.7 Å². The monoisotopic (exact) mass is 294 g/mol. The van der Waals surface area contributed by atoms with Crippen molar-refractivity contribution in [1.82, 2.24) is 0 Å². The lowest BCUT2D eigenvalue weighted by Crippen LogP contribution is -2.28. The number of anilines is 2. The van der Waals surface area contributed by atoms with Gasteiger partial charge in [0.1, 0.15) is 0 Å². The minimum Gasteiger partial charge on any atom is -0.494 e. The maximum absolute atomic E-state index is 13.6. The summed E-state index contributed by atoms with van der Waals surface area (Å²) in [5.74, 6) is 0.499. The van der Waals surface area contributed by atoms with Crippen LogP contribution in [0.3, 0.4) is 0 Å². The normalized spacial score (nSPS) is 17.2. The van der Waals surface area contributed by atoms with Crippen LogP contribution in [0.4, 0.5) is 15.8 Å². The molecule has 21 heavy (non-hydrogen) atoms. The first-order valence-corrected chi connectivity index (χ1v) is 7.83. The Morgan fingerprint density at radius 3 is 2.57 bits per heavy atom. The highest BCUT2D eigenvalue weighted by Gasteiger charge is 2.34. The van der Waals surface area contributed by atoms with Crippen molar-refractivity contribution < 1.29 is 9.13 Å². The molecule has 1 aliphatic carbocycles. The number of hydrogen-bond acceptors (Lipinski definition) is 3. The number of nitrogens with one attached hydrogen (secondary N) is 1. The van der Waals surface area contributed by atoms with Crippen LogP contribution < -0.4 is 15.8 Å². The van der Waals surface area contributed by atoms with Crippen molar-refractivity contribution >= 4 is 11.4 Å². The van der Waals surface area contributed by atoms with Gasteiger partial charge in [0.25, 0.3) is 0 Å². The van der Waals surface area contributed by atoms with Gasteiger partial charge in [-0.1, -0.05) is 26.7 Å². The molecule has 0 aromatic heterocycles. The Morgan fingerprint density at radius 2 is 2.00 bits per heavy atom. The summed E-state index contributed by atoms with van der Waals surface area (Å²) in [5.41, 5.74) is 7.47. The van der Waals surface area contributed by atoms with Gasteiger partial charge in [-0.3, -0.25) is 0 Å². The van der Waals surface area contributed by atoms with Crippen LogP contribution in [-0.4, -0.2) is 13.7 Å². The molecule has 1 fully saturated rings. The van der Waals surface area contributed by atoms with Gasteiger partial charge >= 0.3 is 0 Å². The maximum atomic E-state index is 13.6. The lowest BCUT2D eigenvalue weighted by molar-refractivity contribution is 0.252. The fraction of sp³-hybridized carbons (Fsp3) is 0.647. The molecule has 0 amide bonds. The van der Waals surface area contributed by atoms with Crippen LogP contribution in [0.5, 0.6) is 5.75 Å². The lowest BCUT2D eigenvalue weighted by Gasteiger charge is -2.32. The molecule has 0 unspecified atom stereocenters. The minimum atomic E-state index is -0.418. The molecule has 0 spiro atoms. The maximum Gasteiger partial charge on any atom is 0.167 e. The molecule has 3 nitrogen and oxygen atoms in total. The highest BCUT2D eigenvalue weighted by molar-refractivity contribution is 5.68. The zero-order chi connectivity index (χ0) is 15.5. The van der Waals surface area contributed by atoms with E-state index in [1.807, 2.05) is 0 Å². The van der Waals surface area contributed by atoms with Crippen molar-refractivity contribution in [3.05, 3.63) is 17.9 Å². The summed E-state index contributed by atoms with van der Waals surface area (Å²) in [6, 6.07) is 2.98. The van der Waals surface area contributed by atoms with Crippen LogP contribution in [0.15, 0.2) is 12.1 Å². The summed E-state index contributed by atoms with van der Waals surface area (Å²) >= 11 is 0. The second kappa shape index (κ2) is 6.54. The predicted octanol–water partition coefficient (Wildman–Crippen LogP) is 4.43. The SMILES string of the molecule is COc1cc(NCC2(CC(C)C)CCCC2)c(N)cc1F. The van der Waals surface area contributed by atoms with Crippen LogP contribution in [0, 0.1) is 17.2 Å². The number of ether oxygens (including phenoxy) is 1. The molecule has 0 heterocycles. The first-order valence-electron chi connectivity index (χ1n) is 7.83. The molecule has 0 radical (unpaired) electrons. The van der Waals surface area contributed by atoms with Gasteiger partial charge in [-0.05, 0) is 30.6 Å². The number of hydrogen-bond donors (Lipinski definition) is 2. The quantitative estimate of drug-likeness (QED) is 0.763. The summed E-state index contributed by atoms with van der Waals surface area (Å²) in [7, 11) is 1.47. The van der Waals surface area contributed by atoms with Crippen molar-refractivity contribution in [1.29, 1.82) is 0 Å². The Kier molecular flexibility index (Phi) is 4.96. The van der Waals surface area contributed by atoms with Crippen LogP contribution in [0.2, 0.25) is 0 Å². The second-order valence-corrected chi connectivity index (χ2v) is 6.73. The van der Waals surface area contributed by atoms with E-state index in [2.05, 4.69) is 19.2 Å². The minimum absolute atomic E-state index is 0.232. The summed E-state index contributed by atoms with van der Waals surface area (Å²) in [4.78, 5) is 0. The third kappa shape index (κ3) is 3.80. The van der Waals surface area contributed by atoms with Gasteiger partial charge in [-0.15, -0.1) is 0 Å². The van der Waals surface area contributed by atoms with E-state index in [1.54, 1.807) is 6.07 Å². The molecule has 0 bridgehead atoms. The highest BCUT2D eigenvalue weighted by atomic mass is 19.1. The summed E-state index contributed by atoms with van der Waals surface area (Å²) in [6.45, 7) is 5.44. The van der Waals surface area contributed by atoms with E-state index in [0.717, 1.165) is 12.2 Å². The highest BCUT2D eigenvalue weighted by Crippen LogP contribution is 2.43. The van der Waals surface area contributed by atoms with E-state index >= 15 is 0 Å². The predicted molar refractivity (Wildman–Crippen MR) is 86.2 cm³/mol. The molecule has 1 aromatic rings. The van der Waals surface area contributed by atoms with Crippen LogP contribution in [-0.2, 0) is 0 Å². The number of nitrogen functional groups attached to an aromatic ring is 1. The number of benzene rings is 1. The molecule has 0 atom stereocenters. The second-order valence-electron chi connectivity index (χ2n) is 6.73. The topological polar surface area (TPSA) is 47.3 Å². The van der Waals surface area contributed by atoms with Crippen LogP contribution in [0.25, 0.3) is 0 Å². The van der Waals surface area contributed by atoms with Crippen LogP contribution >= 0.6 is 0 Å². The standard InChI is InChI=1S/C17H27FN2O/c1-12(2)10-17(6-4-5-7-17)11-20-15-9-16(21-3)13(18)8-14(15)19/h8-9,12,20H,4-7,10-11,19H2,1-3H3. The molecule has 3 N–H and O–H groups in total. The van der Waals surface area contributed by atoms with Crippen LogP contribution in [0.1, 0.15) is 46.0 Å². The molecule has 118 valence electrons. The van der Waals surface area contributed by atoms with Gasteiger partial charge in [-0.2, -0.15) is 0 Å². The summed E-state index contributed by atoms with van der Waals surface area (Å²) in [5, 5.41) is 3.43. The Hall–Kier alpha value is -1.45. The zero-order valence-electron chi connectivity index (χ0n) is 13.3.